The molecule has 0 spiro atoms. The third-order valence-electron chi connectivity index (χ3n) is 1.99. The fourth-order valence-corrected chi connectivity index (χ4v) is 1.33. The van der Waals surface area contributed by atoms with Gasteiger partial charge in [0.25, 0.3) is 0 Å². The van der Waals surface area contributed by atoms with Gasteiger partial charge in [-0.1, -0.05) is 0 Å². The Morgan fingerprint density at radius 3 is 1.94 bits per heavy atom. The Balaban J connectivity index is 4.43. The maximum atomic E-state index is 12.1. The van der Waals surface area contributed by atoms with Crippen LogP contribution in [0.15, 0.2) is 0 Å². The van der Waals surface area contributed by atoms with Gasteiger partial charge in [-0.25, -0.2) is 0 Å². The summed E-state index contributed by atoms with van der Waals surface area (Å²) in [7, 11) is 0. The summed E-state index contributed by atoms with van der Waals surface area (Å²) in [6.07, 6.45) is -10.7. The Morgan fingerprint density at radius 2 is 1.61 bits per heavy atom. The highest BCUT2D eigenvalue weighted by Gasteiger charge is 2.60. The molecule has 0 fully saturated rings. The van der Waals surface area contributed by atoms with Gasteiger partial charge in [-0.05, 0) is 19.8 Å². The van der Waals surface area contributed by atoms with Crippen LogP contribution in [0.5, 0.6) is 0 Å². The molecule has 0 saturated carbocycles. The average molecular weight is 300 g/mol. The Hall–Kier alpha value is -0.660. The number of halogens is 7. The predicted octanol–water partition coefficient (Wildman–Crippen LogP) is 3.25. The molecule has 1 atom stereocenters. The highest BCUT2D eigenvalue weighted by atomic mass is 35.5. The van der Waals surface area contributed by atoms with Gasteiger partial charge in [-0.15, -0.1) is 11.6 Å². The van der Waals surface area contributed by atoms with Gasteiger partial charge in [-0.3, -0.25) is 4.79 Å². The third-order valence-corrected chi connectivity index (χ3v) is 2.21. The summed E-state index contributed by atoms with van der Waals surface area (Å²) in [5.74, 6) is -6.07. The van der Waals surface area contributed by atoms with Gasteiger partial charge in [0.05, 0.1) is 0 Å². The Morgan fingerprint density at radius 1 is 1.17 bits per heavy atom. The lowest BCUT2D eigenvalue weighted by Crippen LogP contribution is -2.48. The van der Waals surface area contributed by atoms with E-state index in [2.05, 4.69) is 0 Å². The molecule has 0 aromatic heterocycles. The minimum atomic E-state index is -5.65. The van der Waals surface area contributed by atoms with Gasteiger partial charge in [-0.2, -0.15) is 26.3 Å². The zero-order valence-corrected chi connectivity index (χ0v) is 10.1. The number of hydrogen-bond donors (Lipinski definition) is 1. The zero-order valence-electron chi connectivity index (χ0n) is 9.33. The quantitative estimate of drug-likeness (QED) is 0.471. The topological polar surface area (TPSA) is 29.1 Å². The van der Waals surface area contributed by atoms with Crippen molar-refractivity contribution in [2.75, 3.05) is 6.54 Å². The molecule has 9 heteroatoms. The van der Waals surface area contributed by atoms with Crippen molar-refractivity contribution >= 4 is 17.5 Å². The van der Waals surface area contributed by atoms with E-state index in [0.29, 0.717) is 6.42 Å². The maximum absolute atomic E-state index is 12.1. The molecule has 0 radical (unpaired) electrons. The third kappa shape index (κ3) is 6.32. The fraction of sp³-hybridized carbons (Fsp3) is 0.889. The summed E-state index contributed by atoms with van der Waals surface area (Å²) < 4.78 is 72.6. The molecule has 18 heavy (non-hydrogen) atoms. The second kappa shape index (κ2) is 6.49. The number of carbonyl (C=O) groups is 1. The molecule has 2 nitrogen and oxygen atoms in total. The van der Waals surface area contributed by atoms with Gasteiger partial charge in [0.1, 0.15) is 0 Å². The molecule has 0 aliphatic heterocycles. The van der Waals surface area contributed by atoms with Crippen LogP contribution in [0, 0.1) is 5.92 Å². The highest BCUT2D eigenvalue weighted by Crippen LogP contribution is 2.39. The lowest BCUT2D eigenvalue weighted by molar-refractivity contribution is -0.274. The Kier molecular flexibility index (Phi) is 6.25. The number of hydrogen-bond acceptors (Lipinski definition) is 1. The zero-order chi connectivity index (χ0) is 14.6. The van der Waals surface area contributed by atoms with Crippen molar-refractivity contribution in [3.63, 3.8) is 0 Å². The number of alkyl halides is 7. The van der Waals surface area contributed by atoms with Crippen LogP contribution >= 0.6 is 11.6 Å². The highest BCUT2D eigenvalue weighted by molar-refractivity contribution is 6.20. The smallest absolute Gasteiger partial charge is 0.355 e. The van der Waals surface area contributed by atoms with Crippen LogP contribution in [-0.4, -0.2) is 30.2 Å². The van der Waals surface area contributed by atoms with Crippen LogP contribution in [0.1, 0.15) is 19.8 Å². The first-order valence-corrected chi connectivity index (χ1v) is 5.45. The van der Waals surface area contributed by atoms with Gasteiger partial charge in [0.2, 0.25) is 11.8 Å². The molecular formula is C9H12ClF6NO. The van der Waals surface area contributed by atoms with E-state index in [-0.39, 0.29) is 18.3 Å². The van der Waals surface area contributed by atoms with E-state index in [9.17, 15) is 31.1 Å². The molecule has 0 aromatic carbocycles. The van der Waals surface area contributed by atoms with Crippen LogP contribution in [0.25, 0.3) is 0 Å². The molecule has 0 bridgehead atoms. The summed E-state index contributed by atoms with van der Waals surface area (Å²) in [4.78, 5) is 10.9. The molecule has 1 unspecified atom stereocenters. The van der Waals surface area contributed by atoms with E-state index in [1.165, 1.54) is 0 Å². The van der Waals surface area contributed by atoms with E-state index in [1.807, 2.05) is 0 Å². The largest absolute Gasteiger partial charge is 0.409 e. The van der Waals surface area contributed by atoms with Gasteiger partial charge < -0.3 is 5.32 Å². The van der Waals surface area contributed by atoms with Gasteiger partial charge in [0.15, 0.2) is 0 Å². The lowest BCUT2D eigenvalue weighted by atomic mass is 10.1. The van der Waals surface area contributed by atoms with Crippen LogP contribution in [0.3, 0.4) is 0 Å². The monoisotopic (exact) mass is 299 g/mol. The van der Waals surface area contributed by atoms with Crippen LogP contribution in [-0.2, 0) is 4.79 Å². The van der Waals surface area contributed by atoms with E-state index >= 15 is 0 Å². The lowest BCUT2D eigenvalue weighted by Gasteiger charge is -2.22. The van der Waals surface area contributed by atoms with E-state index < -0.39 is 24.2 Å². The summed E-state index contributed by atoms with van der Waals surface area (Å²) in [5, 5.41) is 1.35. The van der Waals surface area contributed by atoms with Gasteiger partial charge >= 0.3 is 12.4 Å². The summed E-state index contributed by atoms with van der Waals surface area (Å²) in [6, 6.07) is 0. The van der Waals surface area contributed by atoms with Crippen molar-refractivity contribution in [2.45, 2.75) is 37.5 Å². The molecule has 0 aromatic rings. The first kappa shape index (κ1) is 17.3. The number of nitrogens with one attached hydrogen (secondary N) is 1. The molecule has 0 aliphatic carbocycles. The average Bonchev–Trinajstić information content (AvgIpc) is 2.06. The second-order valence-electron chi connectivity index (χ2n) is 3.73. The molecule has 0 aliphatic rings. The maximum Gasteiger partial charge on any atom is 0.409 e. The van der Waals surface area contributed by atoms with Crippen molar-refractivity contribution in [1.82, 2.24) is 5.32 Å². The van der Waals surface area contributed by atoms with Crippen molar-refractivity contribution in [1.29, 1.82) is 0 Å². The van der Waals surface area contributed by atoms with Crippen LogP contribution < -0.4 is 5.32 Å². The molecule has 1 N–H and O–H groups in total. The van der Waals surface area contributed by atoms with E-state index in [0.717, 1.165) is 0 Å². The minimum absolute atomic E-state index is 0.207. The van der Waals surface area contributed by atoms with E-state index in [4.69, 9.17) is 11.6 Å². The standard InChI is InChI=1S/C9H12ClF6NO/c1-5(10)3-2-4-17-7(18)6(8(11,12)13)9(14,15)16/h5-6H,2-4H2,1H3,(H,17,18). The Bertz CT molecular complexity index is 261. The Labute approximate surface area is 105 Å². The van der Waals surface area contributed by atoms with Crippen molar-refractivity contribution in [2.24, 2.45) is 5.92 Å². The molecule has 0 rings (SSSR count). The predicted molar refractivity (Wildman–Crippen MR) is 53.2 cm³/mol. The normalized spacial score (nSPS) is 14.7. The van der Waals surface area contributed by atoms with Crippen LogP contribution in [0.2, 0.25) is 0 Å². The van der Waals surface area contributed by atoms with Crippen LogP contribution in [0.4, 0.5) is 26.3 Å². The summed E-state index contributed by atoms with van der Waals surface area (Å²) in [5.41, 5.74) is 0. The molecular weight excluding hydrogens is 288 g/mol. The number of amides is 1. The molecule has 0 heterocycles. The van der Waals surface area contributed by atoms with Gasteiger partial charge in [0, 0.05) is 11.9 Å². The first-order valence-electron chi connectivity index (χ1n) is 5.01. The minimum Gasteiger partial charge on any atom is -0.355 e. The van der Waals surface area contributed by atoms with E-state index in [1.54, 1.807) is 12.2 Å². The van der Waals surface area contributed by atoms with Crippen molar-refractivity contribution < 1.29 is 31.1 Å². The summed E-state index contributed by atoms with van der Waals surface area (Å²) in [6.45, 7) is 1.34. The number of rotatable bonds is 5. The molecule has 0 saturated heterocycles. The SMILES string of the molecule is CC(Cl)CCCNC(=O)C(C(F)(F)F)C(F)(F)F. The second-order valence-corrected chi connectivity index (χ2v) is 4.48. The van der Waals surface area contributed by atoms with Crippen molar-refractivity contribution in [3.8, 4) is 0 Å². The molecule has 108 valence electrons. The number of carbonyl (C=O) groups excluding carboxylic acids is 1. The van der Waals surface area contributed by atoms with Crippen molar-refractivity contribution in [3.05, 3.63) is 0 Å². The fourth-order valence-electron chi connectivity index (χ4n) is 1.18. The first-order chi connectivity index (χ1) is 7.96. The summed E-state index contributed by atoms with van der Waals surface area (Å²) >= 11 is 5.53. The molecule has 1 amide bonds.